The molecule has 0 aliphatic rings. The summed E-state index contributed by atoms with van der Waals surface area (Å²) in [6.45, 7) is 2.03. The van der Waals surface area contributed by atoms with Crippen molar-refractivity contribution in [1.29, 1.82) is 0 Å². The Balaban J connectivity index is 2.27. The topological polar surface area (TPSA) is 15.3 Å². The van der Waals surface area contributed by atoms with Crippen LogP contribution in [-0.4, -0.2) is 21.1 Å². The third-order valence-electron chi connectivity index (χ3n) is 3.87. The zero-order valence-corrected chi connectivity index (χ0v) is 13.2. The molecule has 0 aliphatic heterocycles. The first kappa shape index (κ1) is 15.5. The van der Waals surface area contributed by atoms with E-state index in [9.17, 15) is 4.39 Å². The Morgan fingerprint density at radius 3 is 2.57 bits per heavy atom. The van der Waals surface area contributed by atoms with Crippen LogP contribution in [0.4, 0.5) is 10.1 Å². The van der Waals surface area contributed by atoms with E-state index in [1.54, 1.807) is 6.07 Å². The summed E-state index contributed by atoms with van der Waals surface area (Å²) in [6.07, 6.45) is 0.775. The molecule has 2 rings (SSSR count). The Hall–Kier alpha value is -1.87. The second-order valence-corrected chi connectivity index (χ2v) is 5.61. The maximum Gasteiger partial charge on any atom is 0.123 e. The molecule has 2 aromatic carbocycles. The van der Waals surface area contributed by atoms with E-state index in [0.717, 1.165) is 17.5 Å². The lowest BCUT2D eigenvalue weighted by atomic mass is 9.95. The number of halogens is 1. The van der Waals surface area contributed by atoms with Gasteiger partial charge in [0.1, 0.15) is 5.82 Å². The molecular formula is C18H23FN2. The summed E-state index contributed by atoms with van der Waals surface area (Å²) in [5.74, 6) is -0.174. The molecule has 2 nitrogen and oxygen atoms in total. The Kier molecular flexibility index (Phi) is 4.97. The third kappa shape index (κ3) is 3.82. The number of aryl methyl sites for hydroxylation is 1. The van der Waals surface area contributed by atoms with Gasteiger partial charge in [0.15, 0.2) is 0 Å². The van der Waals surface area contributed by atoms with E-state index in [2.05, 4.69) is 34.5 Å². The van der Waals surface area contributed by atoms with Gasteiger partial charge in [-0.05, 0) is 61.3 Å². The minimum Gasteiger partial charge on any atom is -0.378 e. The first-order chi connectivity index (χ1) is 10.0. The number of nitrogens with one attached hydrogen (secondary N) is 1. The minimum absolute atomic E-state index is 0.172. The molecule has 0 bridgehead atoms. The van der Waals surface area contributed by atoms with E-state index in [1.165, 1.54) is 17.3 Å². The Morgan fingerprint density at radius 2 is 1.90 bits per heavy atom. The van der Waals surface area contributed by atoms with Crippen LogP contribution in [0.2, 0.25) is 0 Å². The average molecular weight is 286 g/mol. The molecule has 112 valence electrons. The zero-order chi connectivity index (χ0) is 15.4. The monoisotopic (exact) mass is 286 g/mol. The van der Waals surface area contributed by atoms with Crippen molar-refractivity contribution < 1.29 is 4.39 Å². The van der Waals surface area contributed by atoms with Gasteiger partial charge in [-0.2, -0.15) is 0 Å². The predicted octanol–water partition coefficient (Wildman–Crippen LogP) is 3.70. The van der Waals surface area contributed by atoms with Crippen molar-refractivity contribution in [2.24, 2.45) is 0 Å². The fourth-order valence-corrected chi connectivity index (χ4v) is 2.49. The number of nitrogens with zero attached hydrogens (tertiary/aromatic N) is 1. The fraction of sp³-hybridized carbons (Fsp3) is 0.333. The molecule has 0 fully saturated rings. The molecule has 0 aliphatic carbocycles. The summed E-state index contributed by atoms with van der Waals surface area (Å²) >= 11 is 0. The maximum absolute atomic E-state index is 13.4. The lowest BCUT2D eigenvalue weighted by Crippen LogP contribution is -2.20. The smallest absolute Gasteiger partial charge is 0.123 e. The first-order valence-electron chi connectivity index (χ1n) is 7.21. The number of hydrogen-bond donors (Lipinski definition) is 1. The molecule has 0 radical (unpaired) electrons. The first-order valence-corrected chi connectivity index (χ1v) is 7.21. The second kappa shape index (κ2) is 6.72. The molecule has 21 heavy (non-hydrogen) atoms. The van der Waals surface area contributed by atoms with Gasteiger partial charge in [-0.3, -0.25) is 0 Å². The highest BCUT2D eigenvalue weighted by Crippen LogP contribution is 2.24. The van der Waals surface area contributed by atoms with Crippen LogP contribution in [0.25, 0.3) is 0 Å². The van der Waals surface area contributed by atoms with Crippen molar-refractivity contribution in [3.8, 4) is 0 Å². The molecule has 1 unspecified atom stereocenters. The summed E-state index contributed by atoms with van der Waals surface area (Å²) in [6, 6.07) is 13.6. The van der Waals surface area contributed by atoms with Crippen LogP contribution in [0.5, 0.6) is 0 Å². The number of likely N-dealkylation sites (N-methyl/N-ethyl adjacent to an activating group) is 1. The SMILES string of the molecule is CNC(Cc1cc(F)ccc1C)c1cccc(N(C)C)c1. The van der Waals surface area contributed by atoms with Crippen molar-refractivity contribution in [3.63, 3.8) is 0 Å². The highest BCUT2D eigenvalue weighted by molar-refractivity contribution is 5.48. The minimum atomic E-state index is -0.174. The molecule has 0 heterocycles. The Morgan fingerprint density at radius 1 is 1.14 bits per heavy atom. The van der Waals surface area contributed by atoms with Crippen LogP contribution in [0.15, 0.2) is 42.5 Å². The number of hydrogen-bond acceptors (Lipinski definition) is 2. The summed E-state index contributed by atoms with van der Waals surface area (Å²) in [7, 11) is 6.01. The Bertz CT molecular complexity index is 608. The lowest BCUT2D eigenvalue weighted by molar-refractivity contribution is 0.582. The number of benzene rings is 2. The molecular weight excluding hydrogens is 263 g/mol. The van der Waals surface area contributed by atoms with Gasteiger partial charge in [0.2, 0.25) is 0 Å². The highest BCUT2D eigenvalue weighted by atomic mass is 19.1. The average Bonchev–Trinajstić information content (AvgIpc) is 2.48. The van der Waals surface area contributed by atoms with Crippen LogP contribution < -0.4 is 10.2 Å². The molecule has 1 N–H and O–H groups in total. The highest BCUT2D eigenvalue weighted by Gasteiger charge is 2.13. The molecule has 0 aromatic heterocycles. The van der Waals surface area contributed by atoms with Gasteiger partial charge in [-0.25, -0.2) is 4.39 Å². The van der Waals surface area contributed by atoms with Gasteiger partial charge in [0.25, 0.3) is 0 Å². The van der Waals surface area contributed by atoms with Gasteiger partial charge in [0, 0.05) is 25.8 Å². The van der Waals surface area contributed by atoms with E-state index < -0.39 is 0 Å². The predicted molar refractivity (Wildman–Crippen MR) is 87.4 cm³/mol. The van der Waals surface area contributed by atoms with Crippen molar-refractivity contribution in [2.75, 3.05) is 26.0 Å². The Labute approximate surface area is 126 Å². The molecule has 2 aromatic rings. The molecule has 1 atom stereocenters. The van der Waals surface area contributed by atoms with E-state index in [4.69, 9.17) is 0 Å². The zero-order valence-electron chi connectivity index (χ0n) is 13.2. The largest absolute Gasteiger partial charge is 0.378 e. The lowest BCUT2D eigenvalue weighted by Gasteiger charge is -2.20. The van der Waals surface area contributed by atoms with Crippen molar-refractivity contribution >= 4 is 5.69 Å². The fourth-order valence-electron chi connectivity index (χ4n) is 2.49. The van der Waals surface area contributed by atoms with E-state index >= 15 is 0 Å². The normalized spacial score (nSPS) is 12.2. The van der Waals surface area contributed by atoms with Crippen molar-refractivity contribution in [1.82, 2.24) is 5.32 Å². The summed E-state index contributed by atoms with van der Waals surface area (Å²) in [5, 5.41) is 3.34. The van der Waals surface area contributed by atoms with Gasteiger partial charge >= 0.3 is 0 Å². The second-order valence-electron chi connectivity index (χ2n) is 5.61. The quantitative estimate of drug-likeness (QED) is 0.901. The van der Waals surface area contributed by atoms with Crippen LogP contribution in [0.3, 0.4) is 0 Å². The van der Waals surface area contributed by atoms with Crippen molar-refractivity contribution in [2.45, 2.75) is 19.4 Å². The van der Waals surface area contributed by atoms with Crippen LogP contribution in [0, 0.1) is 12.7 Å². The molecule has 0 spiro atoms. The molecule has 0 amide bonds. The molecule has 0 saturated heterocycles. The number of anilines is 1. The van der Waals surface area contributed by atoms with E-state index in [0.29, 0.717) is 0 Å². The molecule has 3 heteroatoms. The van der Waals surface area contributed by atoms with E-state index in [-0.39, 0.29) is 11.9 Å². The standard InChI is InChI=1S/C18H23FN2/c1-13-8-9-16(19)10-15(13)12-18(20-2)14-6-5-7-17(11-14)21(3)4/h5-11,18,20H,12H2,1-4H3. The maximum atomic E-state index is 13.4. The molecule has 0 saturated carbocycles. The summed E-state index contributed by atoms with van der Waals surface area (Å²) < 4.78 is 13.4. The van der Waals surface area contributed by atoms with Crippen LogP contribution in [0.1, 0.15) is 22.7 Å². The van der Waals surface area contributed by atoms with Crippen molar-refractivity contribution in [3.05, 3.63) is 65.0 Å². The van der Waals surface area contributed by atoms with Gasteiger partial charge in [-0.15, -0.1) is 0 Å². The van der Waals surface area contributed by atoms with Gasteiger partial charge in [0.05, 0.1) is 0 Å². The summed E-state index contributed by atoms with van der Waals surface area (Å²) in [5.41, 5.74) is 4.56. The van der Waals surface area contributed by atoms with Crippen LogP contribution >= 0.6 is 0 Å². The summed E-state index contributed by atoms with van der Waals surface area (Å²) in [4.78, 5) is 2.09. The van der Waals surface area contributed by atoms with Crippen LogP contribution in [-0.2, 0) is 6.42 Å². The number of rotatable bonds is 5. The van der Waals surface area contributed by atoms with Gasteiger partial charge in [-0.1, -0.05) is 18.2 Å². The van der Waals surface area contributed by atoms with E-state index in [1.807, 2.05) is 34.1 Å². The third-order valence-corrected chi connectivity index (χ3v) is 3.87. The van der Waals surface area contributed by atoms with Gasteiger partial charge < -0.3 is 10.2 Å².